The van der Waals surface area contributed by atoms with Gasteiger partial charge in [0.15, 0.2) is 0 Å². The highest BCUT2D eigenvalue weighted by Gasteiger charge is 2.20. The summed E-state index contributed by atoms with van der Waals surface area (Å²) >= 11 is 6.04. The molecule has 3 nitrogen and oxygen atoms in total. The van der Waals surface area contributed by atoms with Crippen LogP contribution in [0.5, 0.6) is 0 Å². The fourth-order valence-corrected chi connectivity index (χ4v) is 2.57. The third-order valence-electron chi connectivity index (χ3n) is 3.55. The van der Waals surface area contributed by atoms with Gasteiger partial charge in [0.2, 0.25) is 0 Å². The Morgan fingerprint density at radius 3 is 2.67 bits per heavy atom. The standard InChI is InChI=1S/C16H16ClN3.ClH/c1-11(13-3-2-4-15(17)6-13)16(8-19)14-5-12(7-18)9-20-10-14;/h2-6,9-11,16H,8,19H2,1H3;1H. The number of nitrogens with two attached hydrogens (primary N) is 1. The number of hydrogen-bond donors (Lipinski definition) is 1. The van der Waals surface area contributed by atoms with E-state index in [2.05, 4.69) is 18.0 Å². The third kappa shape index (κ3) is 4.18. The molecule has 1 aromatic heterocycles. The maximum Gasteiger partial charge on any atom is 0.101 e. The molecule has 2 atom stereocenters. The summed E-state index contributed by atoms with van der Waals surface area (Å²) in [7, 11) is 0. The molecule has 0 amide bonds. The van der Waals surface area contributed by atoms with E-state index < -0.39 is 0 Å². The van der Waals surface area contributed by atoms with Crippen LogP contribution in [0.1, 0.15) is 35.4 Å². The van der Waals surface area contributed by atoms with Crippen molar-refractivity contribution >= 4 is 24.0 Å². The summed E-state index contributed by atoms with van der Waals surface area (Å²) in [5, 5.41) is 9.69. The smallest absolute Gasteiger partial charge is 0.101 e. The van der Waals surface area contributed by atoms with Crippen LogP contribution in [0.2, 0.25) is 5.02 Å². The summed E-state index contributed by atoms with van der Waals surface area (Å²) in [5.41, 5.74) is 8.60. The van der Waals surface area contributed by atoms with E-state index in [-0.39, 0.29) is 24.2 Å². The van der Waals surface area contributed by atoms with Crippen LogP contribution < -0.4 is 5.73 Å². The Morgan fingerprint density at radius 1 is 1.29 bits per heavy atom. The number of aromatic nitrogens is 1. The third-order valence-corrected chi connectivity index (χ3v) is 3.78. The van der Waals surface area contributed by atoms with Crippen LogP contribution >= 0.6 is 24.0 Å². The van der Waals surface area contributed by atoms with Gasteiger partial charge in [0.25, 0.3) is 0 Å². The zero-order valence-corrected chi connectivity index (χ0v) is 13.2. The van der Waals surface area contributed by atoms with E-state index in [0.29, 0.717) is 17.1 Å². The SMILES string of the molecule is CC(c1cccc(Cl)c1)C(CN)c1cncc(C#N)c1.Cl. The van der Waals surface area contributed by atoms with Crippen LogP contribution in [0.4, 0.5) is 0 Å². The van der Waals surface area contributed by atoms with Crippen molar-refractivity contribution in [2.75, 3.05) is 6.54 Å². The lowest BCUT2D eigenvalue weighted by Gasteiger charge is -2.23. The van der Waals surface area contributed by atoms with Crippen LogP contribution in [-0.2, 0) is 0 Å². The molecular formula is C16H17Cl2N3. The first-order chi connectivity index (χ1) is 9.65. The number of nitriles is 1. The zero-order chi connectivity index (χ0) is 14.5. The second-order valence-electron chi connectivity index (χ2n) is 4.80. The highest BCUT2D eigenvalue weighted by molar-refractivity contribution is 6.30. The van der Waals surface area contributed by atoms with Gasteiger partial charge in [-0.05, 0) is 41.8 Å². The molecule has 2 aromatic rings. The Kier molecular flexibility index (Phi) is 6.64. The second kappa shape index (κ2) is 7.99. The molecule has 2 rings (SSSR count). The highest BCUT2D eigenvalue weighted by Crippen LogP contribution is 2.32. The van der Waals surface area contributed by atoms with Crippen LogP contribution in [-0.4, -0.2) is 11.5 Å². The van der Waals surface area contributed by atoms with E-state index in [1.54, 1.807) is 12.4 Å². The van der Waals surface area contributed by atoms with Crippen molar-refractivity contribution in [1.82, 2.24) is 4.98 Å². The Balaban J connectivity index is 0.00000220. The van der Waals surface area contributed by atoms with Gasteiger partial charge in [-0.25, -0.2) is 0 Å². The molecule has 1 heterocycles. The van der Waals surface area contributed by atoms with E-state index >= 15 is 0 Å². The van der Waals surface area contributed by atoms with Gasteiger partial charge in [-0.3, -0.25) is 4.98 Å². The number of benzene rings is 1. The van der Waals surface area contributed by atoms with Crippen molar-refractivity contribution in [3.8, 4) is 6.07 Å². The molecule has 2 N–H and O–H groups in total. The first-order valence-corrected chi connectivity index (χ1v) is 6.84. The van der Waals surface area contributed by atoms with E-state index in [4.69, 9.17) is 22.6 Å². The van der Waals surface area contributed by atoms with E-state index in [1.165, 1.54) is 0 Å². The van der Waals surface area contributed by atoms with Gasteiger partial charge in [-0.2, -0.15) is 5.26 Å². The van der Waals surface area contributed by atoms with Crippen LogP contribution in [0.3, 0.4) is 0 Å². The van der Waals surface area contributed by atoms with Crippen molar-refractivity contribution in [1.29, 1.82) is 5.26 Å². The van der Waals surface area contributed by atoms with Crippen molar-refractivity contribution in [3.63, 3.8) is 0 Å². The van der Waals surface area contributed by atoms with Crippen LogP contribution in [0.25, 0.3) is 0 Å². The molecule has 1 aromatic carbocycles. The second-order valence-corrected chi connectivity index (χ2v) is 5.24. The summed E-state index contributed by atoms with van der Waals surface area (Å²) < 4.78 is 0. The average molecular weight is 322 g/mol. The molecule has 110 valence electrons. The molecule has 5 heteroatoms. The fraction of sp³-hybridized carbons (Fsp3) is 0.250. The summed E-state index contributed by atoms with van der Waals surface area (Å²) in [6.45, 7) is 2.60. The quantitative estimate of drug-likeness (QED) is 0.929. The normalized spacial score (nSPS) is 12.9. The van der Waals surface area contributed by atoms with E-state index in [1.807, 2.05) is 30.3 Å². The van der Waals surface area contributed by atoms with Gasteiger partial charge < -0.3 is 5.73 Å². The van der Waals surface area contributed by atoms with Gasteiger partial charge in [0.1, 0.15) is 6.07 Å². The number of hydrogen-bond acceptors (Lipinski definition) is 3. The number of halogens is 2. The predicted molar refractivity (Wildman–Crippen MR) is 87.9 cm³/mol. The first kappa shape index (κ1) is 17.5. The maximum absolute atomic E-state index is 8.97. The minimum Gasteiger partial charge on any atom is -0.330 e. The van der Waals surface area contributed by atoms with Crippen LogP contribution in [0.15, 0.2) is 42.7 Å². The monoisotopic (exact) mass is 321 g/mol. The van der Waals surface area contributed by atoms with Gasteiger partial charge >= 0.3 is 0 Å². The molecule has 0 bridgehead atoms. The lowest BCUT2D eigenvalue weighted by Crippen LogP contribution is -2.19. The van der Waals surface area contributed by atoms with Crippen molar-refractivity contribution in [2.45, 2.75) is 18.8 Å². The largest absolute Gasteiger partial charge is 0.330 e. The molecule has 21 heavy (non-hydrogen) atoms. The molecule has 2 unspecified atom stereocenters. The van der Waals surface area contributed by atoms with Gasteiger partial charge in [-0.15, -0.1) is 12.4 Å². The molecule has 0 aliphatic heterocycles. The molecular weight excluding hydrogens is 305 g/mol. The van der Waals surface area contributed by atoms with Crippen molar-refractivity contribution in [3.05, 3.63) is 64.4 Å². The van der Waals surface area contributed by atoms with Gasteiger partial charge in [0.05, 0.1) is 5.56 Å². The molecule has 0 fully saturated rings. The molecule has 0 spiro atoms. The van der Waals surface area contributed by atoms with Crippen molar-refractivity contribution < 1.29 is 0 Å². The molecule has 0 aliphatic rings. The Hall–Kier alpha value is -1.60. The first-order valence-electron chi connectivity index (χ1n) is 6.46. The maximum atomic E-state index is 8.97. The summed E-state index contributed by atoms with van der Waals surface area (Å²) in [6, 6.07) is 11.8. The predicted octanol–water partition coefficient (Wildman–Crippen LogP) is 3.87. The highest BCUT2D eigenvalue weighted by atomic mass is 35.5. The Labute approximate surface area is 136 Å². The summed E-state index contributed by atoms with van der Waals surface area (Å²) in [5.74, 6) is 0.309. The molecule has 0 saturated carbocycles. The minimum absolute atomic E-state index is 0. The van der Waals surface area contributed by atoms with E-state index in [9.17, 15) is 0 Å². The summed E-state index contributed by atoms with van der Waals surface area (Å²) in [4.78, 5) is 4.11. The summed E-state index contributed by atoms with van der Waals surface area (Å²) in [6.07, 6.45) is 3.33. The number of rotatable bonds is 4. The number of pyridine rings is 1. The van der Waals surface area contributed by atoms with Crippen molar-refractivity contribution in [2.24, 2.45) is 5.73 Å². The van der Waals surface area contributed by atoms with Crippen LogP contribution in [0, 0.1) is 11.3 Å². The lowest BCUT2D eigenvalue weighted by molar-refractivity contribution is 0.582. The zero-order valence-electron chi connectivity index (χ0n) is 11.7. The topological polar surface area (TPSA) is 62.7 Å². The van der Waals surface area contributed by atoms with Gasteiger partial charge in [0, 0.05) is 23.3 Å². The average Bonchev–Trinajstić information content (AvgIpc) is 2.48. The fourth-order valence-electron chi connectivity index (χ4n) is 2.37. The molecule has 0 aliphatic carbocycles. The van der Waals surface area contributed by atoms with Gasteiger partial charge in [-0.1, -0.05) is 30.7 Å². The van der Waals surface area contributed by atoms with E-state index in [0.717, 1.165) is 11.1 Å². The molecule has 0 radical (unpaired) electrons. The number of nitrogens with zero attached hydrogens (tertiary/aromatic N) is 2. The Morgan fingerprint density at radius 2 is 2.05 bits per heavy atom. The minimum atomic E-state index is 0. The lowest BCUT2D eigenvalue weighted by atomic mass is 9.83. The Bertz CT molecular complexity index is 637. The molecule has 0 saturated heterocycles.